The Morgan fingerprint density at radius 1 is 1.22 bits per heavy atom. The minimum atomic E-state index is 0.967. The van der Waals surface area contributed by atoms with Gasteiger partial charge in [-0.1, -0.05) is 0 Å². The number of halogens is 4. The van der Waals surface area contributed by atoms with Gasteiger partial charge in [-0.05, 0) is 47.8 Å². The van der Waals surface area contributed by atoms with Gasteiger partial charge in [0.1, 0.15) is 4.60 Å². The number of hydrogen-bond acceptors (Lipinski definition) is 0. The molecular formula is C4HBr4N. The molecule has 0 aliphatic heterocycles. The highest BCUT2D eigenvalue weighted by molar-refractivity contribution is 9.15. The van der Waals surface area contributed by atoms with Crippen LogP contribution in [0.1, 0.15) is 0 Å². The number of aromatic nitrogens is 1. The van der Waals surface area contributed by atoms with Crippen molar-refractivity contribution in [3.05, 3.63) is 19.7 Å². The summed E-state index contributed by atoms with van der Waals surface area (Å²) in [6, 6.07) is 0. The van der Waals surface area contributed by atoms with Crippen molar-refractivity contribution in [3.63, 3.8) is 0 Å². The monoisotopic (exact) mass is 379 g/mol. The van der Waals surface area contributed by atoms with Gasteiger partial charge in [0.15, 0.2) is 0 Å². The van der Waals surface area contributed by atoms with E-state index < -0.39 is 0 Å². The first-order valence-corrected chi connectivity index (χ1v) is 5.09. The van der Waals surface area contributed by atoms with Crippen LogP contribution in [0.3, 0.4) is 0 Å². The van der Waals surface area contributed by atoms with Crippen molar-refractivity contribution in [1.82, 2.24) is 3.59 Å². The standard InChI is InChI=1S/C4HBr4N/c5-2-1-9(8)4(7)3(2)6/h1H. The average Bonchev–Trinajstić information content (AvgIpc) is 1.98. The summed E-state index contributed by atoms with van der Waals surface area (Å²) in [4.78, 5) is 0. The van der Waals surface area contributed by atoms with E-state index in [9.17, 15) is 0 Å². The summed E-state index contributed by atoms with van der Waals surface area (Å²) in [6.07, 6.45) is 1.90. The fourth-order valence-electron chi connectivity index (χ4n) is 0.405. The summed E-state index contributed by atoms with van der Waals surface area (Å²) in [5.74, 6) is 0. The fraction of sp³-hybridized carbons (Fsp3) is 0. The van der Waals surface area contributed by atoms with E-state index in [1.165, 1.54) is 0 Å². The molecule has 0 saturated heterocycles. The predicted octanol–water partition coefficient (Wildman–Crippen LogP) is 3.93. The zero-order valence-electron chi connectivity index (χ0n) is 4.04. The van der Waals surface area contributed by atoms with E-state index in [0.29, 0.717) is 0 Å². The van der Waals surface area contributed by atoms with Crippen molar-refractivity contribution in [2.45, 2.75) is 0 Å². The Labute approximate surface area is 86.5 Å². The highest BCUT2D eigenvalue weighted by atomic mass is 79.9. The lowest BCUT2D eigenvalue weighted by atomic mass is 10.7. The molecule has 1 aromatic heterocycles. The van der Waals surface area contributed by atoms with Crippen molar-refractivity contribution in [1.29, 1.82) is 0 Å². The topological polar surface area (TPSA) is 4.93 Å². The Balaban J connectivity index is 3.29. The molecule has 1 rings (SSSR count). The minimum Gasteiger partial charge on any atom is -0.275 e. The van der Waals surface area contributed by atoms with Crippen molar-refractivity contribution < 1.29 is 0 Å². The molecule has 0 amide bonds. The normalized spacial score (nSPS) is 10.2. The molecule has 1 aromatic rings. The van der Waals surface area contributed by atoms with Crippen molar-refractivity contribution in [3.8, 4) is 0 Å². The second-order valence-corrected chi connectivity index (χ2v) is 4.56. The molecule has 0 aliphatic carbocycles. The molecule has 0 aliphatic rings. The van der Waals surface area contributed by atoms with Crippen LogP contribution < -0.4 is 0 Å². The van der Waals surface area contributed by atoms with Crippen LogP contribution in [0, 0.1) is 0 Å². The number of hydrogen-bond donors (Lipinski definition) is 0. The first-order chi connectivity index (χ1) is 4.13. The predicted molar refractivity (Wildman–Crippen MR) is 51.9 cm³/mol. The van der Waals surface area contributed by atoms with Crippen LogP contribution in [0.4, 0.5) is 0 Å². The zero-order chi connectivity index (χ0) is 7.02. The van der Waals surface area contributed by atoms with Gasteiger partial charge < -0.3 is 0 Å². The lowest BCUT2D eigenvalue weighted by Gasteiger charge is -1.86. The van der Waals surface area contributed by atoms with Crippen molar-refractivity contribution in [2.75, 3.05) is 0 Å². The summed E-state index contributed by atoms with van der Waals surface area (Å²) < 4.78 is 4.79. The fourth-order valence-corrected chi connectivity index (χ4v) is 2.57. The van der Waals surface area contributed by atoms with Gasteiger partial charge in [0.25, 0.3) is 0 Å². The Kier molecular flexibility index (Phi) is 2.83. The van der Waals surface area contributed by atoms with Crippen molar-refractivity contribution >= 4 is 63.9 Å². The van der Waals surface area contributed by atoms with Crippen LogP contribution in [-0.2, 0) is 0 Å². The number of nitrogens with zero attached hydrogens (tertiary/aromatic N) is 1. The van der Waals surface area contributed by atoms with E-state index in [2.05, 4.69) is 63.9 Å². The molecule has 9 heavy (non-hydrogen) atoms. The van der Waals surface area contributed by atoms with Crippen LogP contribution in [0.5, 0.6) is 0 Å². The van der Waals surface area contributed by atoms with Gasteiger partial charge >= 0.3 is 0 Å². The molecule has 50 valence electrons. The molecule has 0 radical (unpaired) electrons. The molecule has 1 heterocycles. The Bertz CT molecular complexity index is 206. The molecule has 0 spiro atoms. The lowest BCUT2D eigenvalue weighted by Crippen LogP contribution is -1.70. The summed E-state index contributed by atoms with van der Waals surface area (Å²) in [6.45, 7) is 0. The van der Waals surface area contributed by atoms with E-state index in [-0.39, 0.29) is 0 Å². The van der Waals surface area contributed by atoms with E-state index in [4.69, 9.17) is 0 Å². The molecule has 0 N–H and O–H groups in total. The SMILES string of the molecule is Brc1cn(Br)c(Br)c1Br. The third kappa shape index (κ3) is 1.61. The lowest BCUT2D eigenvalue weighted by molar-refractivity contribution is 1.27. The van der Waals surface area contributed by atoms with Crippen LogP contribution in [0.2, 0.25) is 0 Å². The van der Waals surface area contributed by atoms with Gasteiger partial charge in [-0.15, -0.1) is 0 Å². The van der Waals surface area contributed by atoms with Gasteiger partial charge in [0, 0.05) is 6.20 Å². The molecule has 0 saturated carbocycles. The van der Waals surface area contributed by atoms with Gasteiger partial charge in [-0.3, -0.25) is 3.59 Å². The highest BCUT2D eigenvalue weighted by Crippen LogP contribution is 2.33. The van der Waals surface area contributed by atoms with Crippen LogP contribution in [0.15, 0.2) is 19.7 Å². The third-order valence-corrected chi connectivity index (χ3v) is 5.09. The van der Waals surface area contributed by atoms with E-state index >= 15 is 0 Å². The second-order valence-electron chi connectivity index (χ2n) is 1.39. The molecular weight excluding hydrogens is 382 g/mol. The molecule has 0 fully saturated rings. The van der Waals surface area contributed by atoms with Gasteiger partial charge in [0.05, 0.1) is 25.1 Å². The highest BCUT2D eigenvalue weighted by Gasteiger charge is 2.06. The Hall–Kier alpha value is 1.20. The summed E-state index contributed by atoms with van der Waals surface area (Å²) in [5, 5.41) is 0. The van der Waals surface area contributed by atoms with E-state index in [1.54, 1.807) is 3.59 Å². The van der Waals surface area contributed by atoms with Gasteiger partial charge in [-0.2, -0.15) is 0 Å². The molecule has 0 aromatic carbocycles. The minimum absolute atomic E-state index is 0.967. The quantitative estimate of drug-likeness (QED) is 0.641. The summed E-state index contributed by atoms with van der Waals surface area (Å²) in [7, 11) is 0. The van der Waals surface area contributed by atoms with E-state index in [0.717, 1.165) is 13.5 Å². The second kappa shape index (κ2) is 3.07. The summed E-state index contributed by atoms with van der Waals surface area (Å²) >= 11 is 13.3. The number of rotatable bonds is 0. The first-order valence-electron chi connectivity index (χ1n) is 2.01. The van der Waals surface area contributed by atoms with Gasteiger partial charge in [-0.25, -0.2) is 0 Å². The molecule has 0 bridgehead atoms. The van der Waals surface area contributed by atoms with Crippen molar-refractivity contribution in [2.24, 2.45) is 0 Å². The smallest absolute Gasteiger partial charge is 0.110 e. The van der Waals surface area contributed by atoms with Gasteiger partial charge in [0.2, 0.25) is 0 Å². The van der Waals surface area contributed by atoms with Crippen LogP contribution in [0.25, 0.3) is 0 Å². The average molecular weight is 383 g/mol. The molecule has 1 nitrogen and oxygen atoms in total. The molecule has 0 atom stereocenters. The van der Waals surface area contributed by atoms with Crippen LogP contribution >= 0.6 is 63.9 Å². The first kappa shape index (κ1) is 8.30. The van der Waals surface area contributed by atoms with Crippen LogP contribution in [-0.4, -0.2) is 3.59 Å². The maximum atomic E-state index is 3.36. The van der Waals surface area contributed by atoms with E-state index in [1.807, 2.05) is 6.20 Å². The molecule has 5 heteroatoms. The Morgan fingerprint density at radius 2 is 1.78 bits per heavy atom. The molecule has 0 unspecified atom stereocenters. The largest absolute Gasteiger partial charge is 0.275 e. The maximum absolute atomic E-state index is 3.36. The zero-order valence-corrected chi connectivity index (χ0v) is 10.4. The Morgan fingerprint density at radius 3 is 1.89 bits per heavy atom. The summed E-state index contributed by atoms with van der Waals surface area (Å²) in [5.41, 5.74) is 0. The maximum Gasteiger partial charge on any atom is 0.110 e. The third-order valence-electron chi connectivity index (χ3n) is 0.805.